The fourth-order valence-electron chi connectivity index (χ4n) is 4.01. The van der Waals surface area contributed by atoms with Gasteiger partial charge in [0.15, 0.2) is 0 Å². The molecule has 0 saturated heterocycles. The van der Waals surface area contributed by atoms with Gasteiger partial charge in [0.05, 0.1) is 17.6 Å². The van der Waals surface area contributed by atoms with E-state index in [2.05, 4.69) is 4.99 Å². The van der Waals surface area contributed by atoms with Crippen molar-refractivity contribution in [2.45, 2.75) is 32.8 Å². The number of carbonyl (C=O) groups is 2. The molecule has 0 aromatic heterocycles. The van der Waals surface area contributed by atoms with Crippen LogP contribution >= 0.6 is 0 Å². The first kappa shape index (κ1) is 24.6. The van der Waals surface area contributed by atoms with Gasteiger partial charge in [-0.3, -0.25) is 19.9 Å². The van der Waals surface area contributed by atoms with E-state index in [1.54, 1.807) is 32.9 Å². The topological polar surface area (TPSA) is 108 Å². The van der Waals surface area contributed by atoms with Crippen molar-refractivity contribution in [2.75, 3.05) is 7.11 Å². The van der Waals surface area contributed by atoms with E-state index in [1.165, 1.54) is 25.3 Å². The highest BCUT2D eigenvalue weighted by atomic mass is 16.6. The summed E-state index contributed by atoms with van der Waals surface area (Å²) in [7, 11) is 1.25. The molecule has 0 bridgehead atoms. The maximum Gasteiger partial charge on any atom is 0.337 e. The fourth-order valence-corrected chi connectivity index (χ4v) is 4.01. The van der Waals surface area contributed by atoms with Gasteiger partial charge in [0.2, 0.25) is 0 Å². The molecule has 2 aromatic carbocycles. The Kier molecular flexibility index (Phi) is 7.73. The highest BCUT2D eigenvalue weighted by molar-refractivity contribution is 6.07. The van der Waals surface area contributed by atoms with Gasteiger partial charge in [-0.25, -0.2) is 4.79 Å². The van der Waals surface area contributed by atoms with E-state index in [0.717, 1.165) is 5.56 Å². The summed E-state index contributed by atoms with van der Waals surface area (Å²) in [5.41, 5.74) is 2.25. The molecule has 8 nitrogen and oxygen atoms in total. The van der Waals surface area contributed by atoms with Crippen molar-refractivity contribution in [1.29, 1.82) is 0 Å². The second-order valence-electron chi connectivity index (χ2n) is 7.96. The third-order valence-corrected chi connectivity index (χ3v) is 5.60. The van der Waals surface area contributed by atoms with E-state index in [4.69, 9.17) is 9.47 Å². The van der Waals surface area contributed by atoms with Crippen LogP contribution in [-0.2, 0) is 19.1 Å². The molecule has 1 heterocycles. The molecule has 0 fully saturated rings. The lowest BCUT2D eigenvalue weighted by atomic mass is 9.75. The van der Waals surface area contributed by atoms with Gasteiger partial charge in [-0.1, -0.05) is 48.5 Å². The SMILES string of the molecule is COC(=O)C1C(C)=NC(C)=C(C(=O)OC(C)C=Cc2ccccc2)C1c1cccc([N+](=O)[O-])c1. The van der Waals surface area contributed by atoms with Crippen molar-refractivity contribution in [3.63, 3.8) is 0 Å². The quantitative estimate of drug-likeness (QED) is 0.330. The second-order valence-corrected chi connectivity index (χ2v) is 7.96. The number of nitrogens with zero attached hydrogens (tertiary/aromatic N) is 2. The van der Waals surface area contributed by atoms with E-state index in [1.807, 2.05) is 36.4 Å². The lowest BCUT2D eigenvalue weighted by molar-refractivity contribution is -0.384. The normalized spacial score (nSPS) is 18.9. The lowest BCUT2D eigenvalue weighted by Gasteiger charge is -2.31. The van der Waals surface area contributed by atoms with Gasteiger partial charge in [-0.05, 0) is 38.0 Å². The molecule has 34 heavy (non-hydrogen) atoms. The number of non-ortho nitro benzene ring substituents is 1. The number of hydrogen-bond acceptors (Lipinski definition) is 7. The van der Waals surface area contributed by atoms with Gasteiger partial charge in [-0.15, -0.1) is 0 Å². The number of esters is 2. The van der Waals surface area contributed by atoms with E-state index in [-0.39, 0.29) is 11.3 Å². The zero-order chi connectivity index (χ0) is 24.8. The summed E-state index contributed by atoms with van der Waals surface area (Å²) in [6, 6.07) is 15.5. The molecule has 0 N–H and O–H groups in total. The summed E-state index contributed by atoms with van der Waals surface area (Å²) in [5.74, 6) is -3.01. The van der Waals surface area contributed by atoms with Crippen LogP contribution in [0.2, 0.25) is 0 Å². The van der Waals surface area contributed by atoms with Crippen molar-refractivity contribution in [3.8, 4) is 0 Å². The first-order valence-electron chi connectivity index (χ1n) is 10.7. The smallest absolute Gasteiger partial charge is 0.337 e. The lowest BCUT2D eigenvalue weighted by Crippen LogP contribution is -2.36. The van der Waals surface area contributed by atoms with E-state index in [0.29, 0.717) is 17.0 Å². The van der Waals surface area contributed by atoms with Crippen LogP contribution in [0.15, 0.2) is 76.9 Å². The van der Waals surface area contributed by atoms with Crippen LogP contribution in [0.5, 0.6) is 0 Å². The average Bonchev–Trinajstić information content (AvgIpc) is 2.82. The van der Waals surface area contributed by atoms with Crippen LogP contribution in [0.3, 0.4) is 0 Å². The molecule has 0 spiro atoms. The summed E-state index contributed by atoms with van der Waals surface area (Å²) in [6.45, 7) is 5.05. The van der Waals surface area contributed by atoms with Crippen molar-refractivity contribution in [1.82, 2.24) is 0 Å². The molecule has 2 aromatic rings. The Balaban J connectivity index is 1.99. The number of methoxy groups -OCH3 is 1. The van der Waals surface area contributed by atoms with Gasteiger partial charge in [0.1, 0.15) is 12.0 Å². The number of aliphatic imine (C=N–C) groups is 1. The van der Waals surface area contributed by atoms with Crippen molar-refractivity contribution >= 4 is 29.4 Å². The summed E-state index contributed by atoms with van der Waals surface area (Å²) in [4.78, 5) is 41.3. The van der Waals surface area contributed by atoms with Crippen molar-refractivity contribution < 1.29 is 24.0 Å². The molecule has 8 heteroatoms. The fraction of sp³-hybridized carbons (Fsp3) is 0.269. The van der Waals surface area contributed by atoms with E-state index in [9.17, 15) is 19.7 Å². The monoisotopic (exact) mass is 462 g/mol. The Hall–Kier alpha value is -4.07. The van der Waals surface area contributed by atoms with Gasteiger partial charge < -0.3 is 9.47 Å². The molecule has 3 unspecified atom stereocenters. The highest BCUT2D eigenvalue weighted by Gasteiger charge is 2.42. The summed E-state index contributed by atoms with van der Waals surface area (Å²) < 4.78 is 10.7. The number of allylic oxidation sites excluding steroid dienone is 1. The Morgan fingerprint density at radius 2 is 1.82 bits per heavy atom. The Morgan fingerprint density at radius 3 is 2.47 bits per heavy atom. The van der Waals surface area contributed by atoms with Gasteiger partial charge in [0.25, 0.3) is 5.69 Å². The van der Waals surface area contributed by atoms with Crippen LogP contribution < -0.4 is 0 Å². The Morgan fingerprint density at radius 1 is 1.12 bits per heavy atom. The van der Waals surface area contributed by atoms with Crippen LogP contribution in [0.25, 0.3) is 6.08 Å². The number of benzene rings is 2. The van der Waals surface area contributed by atoms with Gasteiger partial charge >= 0.3 is 11.9 Å². The predicted molar refractivity (Wildman–Crippen MR) is 128 cm³/mol. The molecular weight excluding hydrogens is 436 g/mol. The number of rotatable bonds is 7. The molecular formula is C26H26N2O6. The summed E-state index contributed by atoms with van der Waals surface area (Å²) in [6.07, 6.45) is 3.03. The van der Waals surface area contributed by atoms with Gasteiger partial charge in [0, 0.05) is 29.5 Å². The molecule has 1 aliphatic rings. The molecule has 0 amide bonds. The Labute approximate surface area is 197 Å². The third-order valence-electron chi connectivity index (χ3n) is 5.60. The van der Waals surface area contributed by atoms with Crippen molar-refractivity contribution in [3.05, 3.63) is 93.2 Å². The highest BCUT2D eigenvalue weighted by Crippen LogP contribution is 2.41. The van der Waals surface area contributed by atoms with Gasteiger partial charge in [-0.2, -0.15) is 0 Å². The molecule has 0 saturated carbocycles. The molecule has 1 aliphatic heterocycles. The van der Waals surface area contributed by atoms with Crippen molar-refractivity contribution in [2.24, 2.45) is 10.9 Å². The minimum absolute atomic E-state index is 0.147. The molecule has 3 atom stereocenters. The first-order valence-corrected chi connectivity index (χ1v) is 10.7. The summed E-state index contributed by atoms with van der Waals surface area (Å²) in [5, 5.41) is 11.4. The second kappa shape index (κ2) is 10.7. The van der Waals surface area contributed by atoms with Crippen LogP contribution in [0.1, 0.15) is 37.8 Å². The average molecular weight is 463 g/mol. The minimum Gasteiger partial charge on any atom is -0.468 e. The van der Waals surface area contributed by atoms with Crippen LogP contribution in [-0.4, -0.2) is 35.8 Å². The number of ether oxygens (including phenoxy) is 2. The Bertz CT molecular complexity index is 1180. The zero-order valence-corrected chi connectivity index (χ0v) is 19.4. The zero-order valence-electron chi connectivity index (χ0n) is 19.4. The van der Waals surface area contributed by atoms with E-state index < -0.39 is 34.8 Å². The maximum absolute atomic E-state index is 13.3. The van der Waals surface area contributed by atoms with Crippen LogP contribution in [0.4, 0.5) is 5.69 Å². The predicted octanol–water partition coefficient (Wildman–Crippen LogP) is 4.86. The van der Waals surface area contributed by atoms with Crippen LogP contribution in [0, 0.1) is 16.0 Å². The molecule has 0 aliphatic carbocycles. The standard InChI is InChI=1S/C26H26N2O6/c1-16(13-14-19-9-6-5-7-10-19)34-26(30)23-18(3)27-17(2)22(25(29)33-4)24(23)20-11-8-12-21(15-20)28(31)32/h5-16,22,24H,1-4H3. The first-order chi connectivity index (χ1) is 16.2. The maximum atomic E-state index is 13.3. The van der Waals surface area contributed by atoms with E-state index >= 15 is 0 Å². The molecule has 176 valence electrons. The molecule has 0 radical (unpaired) electrons. The number of nitro groups is 1. The minimum atomic E-state index is -0.923. The largest absolute Gasteiger partial charge is 0.468 e. The number of nitro benzene ring substituents is 1. The number of hydrogen-bond donors (Lipinski definition) is 0. The third kappa shape index (κ3) is 5.46. The number of carbonyl (C=O) groups excluding carboxylic acids is 2. The molecule has 3 rings (SSSR count). The summed E-state index contributed by atoms with van der Waals surface area (Å²) >= 11 is 0.